The van der Waals surface area contributed by atoms with E-state index >= 15 is 0 Å². The number of rotatable bonds is 2. The van der Waals surface area contributed by atoms with Crippen molar-refractivity contribution in [2.45, 2.75) is 0 Å². The van der Waals surface area contributed by atoms with E-state index in [1.165, 1.54) is 0 Å². The highest BCUT2D eigenvalue weighted by Gasteiger charge is 2.07. The van der Waals surface area contributed by atoms with Crippen LogP contribution in [0.25, 0.3) is 0 Å². The molecule has 0 spiro atoms. The zero-order valence-corrected chi connectivity index (χ0v) is 7.83. The van der Waals surface area contributed by atoms with Crippen molar-refractivity contribution in [1.29, 1.82) is 0 Å². The van der Waals surface area contributed by atoms with Crippen LogP contribution in [-0.4, -0.2) is 10.9 Å². The van der Waals surface area contributed by atoms with Gasteiger partial charge in [-0.2, -0.15) is 0 Å². The van der Waals surface area contributed by atoms with Crippen LogP contribution in [0.1, 0.15) is 10.5 Å². The molecule has 0 saturated carbocycles. The van der Waals surface area contributed by atoms with Crippen molar-refractivity contribution in [2.24, 2.45) is 0 Å². The fourth-order valence-corrected chi connectivity index (χ4v) is 1.22. The Balaban J connectivity index is 2.11. The van der Waals surface area contributed by atoms with Crippen molar-refractivity contribution < 1.29 is 9.18 Å². The molecule has 2 N–H and O–H groups in total. The van der Waals surface area contributed by atoms with Gasteiger partial charge in [0.2, 0.25) is 0 Å². The highest BCUT2D eigenvalue weighted by atomic mass is 19.1. The smallest absolute Gasteiger partial charge is 0.272 e. The van der Waals surface area contributed by atoms with E-state index in [1.54, 1.807) is 12.1 Å². The Labute approximate surface area is 85.9 Å². The van der Waals surface area contributed by atoms with Crippen molar-refractivity contribution in [3.63, 3.8) is 0 Å². The Kier molecular flexibility index (Phi) is 2.49. The summed E-state index contributed by atoms with van der Waals surface area (Å²) >= 11 is 0. The summed E-state index contributed by atoms with van der Waals surface area (Å²) in [4.78, 5) is 14.1. The number of para-hydroxylation sites is 1. The van der Waals surface area contributed by atoms with E-state index in [9.17, 15) is 9.18 Å². The molecular weight excluding hydrogens is 195 g/mol. The van der Waals surface area contributed by atoms with Gasteiger partial charge in [-0.25, -0.2) is 4.39 Å². The number of aromatic amines is 1. The normalized spacial score (nSPS) is 9.93. The van der Waals surface area contributed by atoms with Gasteiger partial charge in [0.1, 0.15) is 11.5 Å². The van der Waals surface area contributed by atoms with Crippen molar-refractivity contribution in [3.05, 3.63) is 54.1 Å². The van der Waals surface area contributed by atoms with Gasteiger partial charge in [-0.15, -0.1) is 0 Å². The number of carbonyl (C=O) groups is 1. The Bertz CT molecular complexity index is 464. The zero-order chi connectivity index (χ0) is 10.7. The molecule has 2 rings (SSSR count). The molecular formula is C11H9FN2O. The van der Waals surface area contributed by atoms with E-state index in [-0.39, 0.29) is 11.6 Å². The molecule has 0 unspecified atom stereocenters. The van der Waals surface area contributed by atoms with E-state index in [1.807, 2.05) is 18.2 Å². The van der Waals surface area contributed by atoms with E-state index in [0.717, 1.165) is 12.3 Å². The van der Waals surface area contributed by atoms with Crippen LogP contribution in [0.2, 0.25) is 0 Å². The van der Waals surface area contributed by atoms with Gasteiger partial charge in [-0.05, 0) is 12.1 Å². The first-order valence-electron chi connectivity index (χ1n) is 4.46. The predicted octanol–water partition coefficient (Wildman–Crippen LogP) is 2.41. The van der Waals surface area contributed by atoms with Crippen LogP contribution in [0.3, 0.4) is 0 Å². The van der Waals surface area contributed by atoms with Crippen molar-refractivity contribution in [3.8, 4) is 0 Å². The fraction of sp³-hybridized carbons (Fsp3) is 0. The second-order valence-corrected chi connectivity index (χ2v) is 3.05. The summed E-state index contributed by atoms with van der Waals surface area (Å²) in [6.45, 7) is 0. The summed E-state index contributed by atoms with van der Waals surface area (Å²) in [5, 5.41) is 2.63. The lowest BCUT2D eigenvalue weighted by atomic mass is 10.3. The van der Waals surface area contributed by atoms with E-state index in [2.05, 4.69) is 10.3 Å². The average molecular weight is 204 g/mol. The quantitative estimate of drug-likeness (QED) is 0.775. The second kappa shape index (κ2) is 3.96. The molecule has 0 aliphatic rings. The Morgan fingerprint density at radius 3 is 2.60 bits per heavy atom. The predicted molar refractivity (Wildman–Crippen MR) is 55.1 cm³/mol. The number of H-pyrrole nitrogens is 1. The van der Waals surface area contributed by atoms with Crippen molar-refractivity contribution in [1.82, 2.24) is 4.98 Å². The van der Waals surface area contributed by atoms with Crippen LogP contribution in [0.15, 0.2) is 42.6 Å². The number of anilines is 1. The number of hydrogen-bond donors (Lipinski definition) is 2. The number of nitrogens with one attached hydrogen (secondary N) is 2. The summed E-state index contributed by atoms with van der Waals surface area (Å²) in [7, 11) is 0. The third kappa shape index (κ3) is 2.22. The molecule has 0 atom stereocenters. The molecule has 1 heterocycles. The van der Waals surface area contributed by atoms with Gasteiger partial charge >= 0.3 is 0 Å². The number of hydrogen-bond acceptors (Lipinski definition) is 1. The first-order valence-corrected chi connectivity index (χ1v) is 4.46. The van der Waals surface area contributed by atoms with E-state index < -0.39 is 5.82 Å². The van der Waals surface area contributed by atoms with Crippen LogP contribution in [0.5, 0.6) is 0 Å². The first kappa shape index (κ1) is 9.45. The third-order valence-electron chi connectivity index (χ3n) is 1.92. The Hall–Kier alpha value is -2.10. The molecule has 0 aliphatic carbocycles. The van der Waals surface area contributed by atoms with Gasteiger partial charge in [0.15, 0.2) is 0 Å². The molecule has 0 bridgehead atoms. The standard InChI is InChI=1S/C11H9FN2O/c12-8-6-10(13-7-8)11(15)14-9-4-2-1-3-5-9/h1-7,13H,(H,14,15). The van der Waals surface area contributed by atoms with Crippen LogP contribution < -0.4 is 5.32 Å². The molecule has 1 aromatic heterocycles. The Morgan fingerprint density at radius 2 is 2.00 bits per heavy atom. The monoisotopic (exact) mass is 204 g/mol. The molecule has 0 fully saturated rings. The van der Waals surface area contributed by atoms with Crippen LogP contribution in [0, 0.1) is 5.82 Å². The number of halogens is 1. The van der Waals surface area contributed by atoms with Gasteiger partial charge in [0.25, 0.3) is 5.91 Å². The topological polar surface area (TPSA) is 44.9 Å². The SMILES string of the molecule is O=C(Nc1ccccc1)c1cc(F)c[nH]1. The molecule has 4 heteroatoms. The summed E-state index contributed by atoms with van der Waals surface area (Å²) in [5.74, 6) is -0.807. The Morgan fingerprint density at radius 1 is 1.27 bits per heavy atom. The number of aromatic nitrogens is 1. The summed E-state index contributed by atoms with van der Waals surface area (Å²) in [6, 6.07) is 10.1. The minimum atomic E-state index is -0.451. The first-order chi connectivity index (χ1) is 7.25. The lowest BCUT2D eigenvalue weighted by molar-refractivity contribution is 0.102. The summed E-state index contributed by atoms with van der Waals surface area (Å²) in [6.07, 6.45) is 1.14. The van der Waals surface area contributed by atoms with E-state index in [0.29, 0.717) is 5.69 Å². The minimum absolute atomic E-state index is 0.205. The number of amides is 1. The minimum Gasteiger partial charge on any atom is -0.355 e. The molecule has 1 aromatic carbocycles. The maximum absolute atomic E-state index is 12.6. The van der Waals surface area contributed by atoms with E-state index in [4.69, 9.17) is 0 Å². The highest BCUT2D eigenvalue weighted by Crippen LogP contribution is 2.08. The average Bonchev–Trinajstić information content (AvgIpc) is 2.66. The van der Waals surface area contributed by atoms with Crippen molar-refractivity contribution in [2.75, 3.05) is 5.32 Å². The number of carbonyl (C=O) groups excluding carboxylic acids is 1. The lowest BCUT2D eigenvalue weighted by Gasteiger charge is -2.02. The zero-order valence-electron chi connectivity index (χ0n) is 7.83. The second-order valence-electron chi connectivity index (χ2n) is 3.05. The lowest BCUT2D eigenvalue weighted by Crippen LogP contribution is -2.11. The summed E-state index contributed by atoms with van der Waals surface area (Å²) < 4.78 is 12.6. The third-order valence-corrected chi connectivity index (χ3v) is 1.92. The fourth-order valence-electron chi connectivity index (χ4n) is 1.22. The van der Waals surface area contributed by atoms with Crippen LogP contribution in [0.4, 0.5) is 10.1 Å². The molecule has 0 radical (unpaired) electrons. The maximum atomic E-state index is 12.6. The van der Waals surface area contributed by atoms with Gasteiger partial charge in [-0.3, -0.25) is 4.79 Å². The molecule has 76 valence electrons. The van der Waals surface area contributed by atoms with Crippen molar-refractivity contribution >= 4 is 11.6 Å². The summed E-state index contributed by atoms with van der Waals surface area (Å²) in [5.41, 5.74) is 0.883. The number of benzene rings is 1. The molecule has 3 nitrogen and oxygen atoms in total. The molecule has 0 saturated heterocycles. The van der Waals surface area contributed by atoms with Gasteiger partial charge < -0.3 is 10.3 Å². The largest absolute Gasteiger partial charge is 0.355 e. The molecule has 0 aliphatic heterocycles. The van der Waals surface area contributed by atoms with Gasteiger partial charge in [0, 0.05) is 18.0 Å². The van der Waals surface area contributed by atoms with Gasteiger partial charge in [0.05, 0.1) is 0 Å². The van der Waals surface area contributed by atoms with Gasteiger partial charge in [-0.1, -0.05) is 18.2 Å². The molecule has 15 heavy (non-hydrogen) atoms. The maximum Gasteiger partial charge on any atom is 0.272 e. The molecule has 1 amide bonds. The highest BCUT2D eigenvalue weighted by molar-refractivity contribution is 6.02. The van der Waals surface area contributed by atoms with Crippen LogP contribution in [-0.2, 0) is 0 Å². The molecule has 2 aromatic rings. The van der Waals surface area contributed by atoms with Crippen LogP contribution >= 0.6 is 0 Å².